The fourth-order valence-corrected chi connectivity index (χ4v) is 2.09. The monoisotopic (exact) mass is 316 g/mol. The van der Waals surface area contributed by atoms with Crippen LogP contribution in [0.2, 0.25) is 5.02 Å². The first-order valence-electron chi connectivity index (χ1n) is 6.23. The van der Waals surface area contributed by atoms with E-state index in [0.717, 1.165) is 0 Å². The summed E-state index contributed by atoms with van der Waals surface area (Å²) in [5.74, 6) is -1.09. The zero-order chi connectivity index (χ0) is 16.2. The molecule has 0 amide bonds. The molecule has 0 spiro atoms. The lowest BCUT2D eigenvalue weighted by molar-refractivity contribution is -0.386. The number of aliphatic carboxylic acids is 1. The van der Waals surface area contributed by atoms with Crippen molar-refractivity contribution in [2.24, 2.45) is 0 Å². The van der Waals surface area contributed by atoms with Crippen molar-refractivity contribution in [2.45, 2.75) is 31.9 Å². The molecule has 2 unspecified atom stereocenters. The minimum Gasteiger partial charge on any atom is -0.483 e. The lowest BCUT2D eigenvalue weighted by Gasteiger charge is -2.27. The molecule has 0 heterocycles. The average molecular weight is 317 g/mol. The number of nitrogens with zero attached hydrogens (tertiary/aromatic N) is 1. The Kier molecular flexibility index (Phi) is 5.51. The van der Waals surface area contributed by atoms with Crippen LogP contribution in [0.1, 0.15) is 20.3 Å². The number of carbonyl (C=O) groups is 1. The third-order valence-electron chi connectivity index (χ3n) is 3.18. The highest BCUT2D eigenvalue weighted by Gasteiger charge is 2.34. The highest BCUT2D eigenvalue weighted by atomic mass is 35.5. The van der Waals surface area contributed by atoms with Crippen molar-refractivity contribution in [3.8, 4) is 5.75 Å². The van der Waals surface area contributed by atoms with Gasteiger partial charge in [0.1, 0.15) is 5.54 Å². The number of hydrogen-bond acceptors (Lipinski definition) is 5. The Bertz CT molecular complexity index is 551. The maximum atomic E-state index is 11.2. The van der Waals surface area contributed by atoms with E-state index < -0.39 is 22.5 Å². The Hall–Kier alpha value is -1.86. The summed E-state index contributed by atoms with van der Waals surface area (Å²) in [7, 11) is 1.53. The van der Waals surface area contributed by atoms with Gasteiger partial charge in [-0.2, -0.15) is 0 Å². The summed E-state index contributed by atoms with van der Waals surface area (Å²) in [5, 5.41) is 23.0. The van der Waals surface area contributed by atoms with Gasteiger partial charge >= 0.3 is 11.7 Å². The molecule has 2 atom stereocenters. The number of para-hydroxylation sites is 1. The van der Waals surface area contributed by atoms with Gasteiger partial charge < -0.3 is 15.2 Å². The fourth-order valence-electron chi connectivity index (χ4n) is 1.87. The molecular formula is C13H17ClN2O5. The number of benzene rings is 1. The minimum absolute atomic E-state index is 0.0551. The van der Waals surface area contributed by atoms with Crippen LogP contribution >= 0.6 is 11.6 Å². The second-order valence-electron chi connectivity index (χ2n) is 4.87. The molecule has 0 aliphatic rings. The van der Waals surface area contributed by atoms with Crippen LogP contribution in [0.5, 0.6) is 5.75 Å². The Morgan fingerprint density at radius 2 is 2.24 bits per heavy atom. The van der Waals surface area contributed by atoms with E-state index in [1.807, 2.05) is 0 Å². The molecule has 1 rings (SSSR count). The highest BCUT2D eigenvalue weighted by molar-refractivity contribution is 6.32. The van der Waals surface area contributed by atoms with Crippen molar-refractivity contribution in [1.82, 2.24) is 5.32 Å². The third kappa shape index (κ3) is 4.05. The van der Waals surface area contributed by atoms with Crippen LogP contribution in [-0.4, -0.2) is 34.7 Å². The number of likely N-dealkylation sites (N-methyl/N-ethyl adjacent to an activating group) is 1. The molecule has 0 saturated heterocycles. The molecule has 0 saturated carbocycles. The number of nitrogens with one attached hydrogen (secondary N) is 1. The second kappa shape index (κ2) is 6.73. The van der Waals surface area contributed by atoms with Gasteiger partial charge in [0, 0.05) is 12.5 Å². The van der Waals surface area contributed by atoms with Gasteiger partial charge in [-0.25, -0.2) is 0 Å². The van der Waals surface area contributed by atoms with Crippen molar-refractivity contribution in [3.63, 3.8) is 0 Å². The van der Waals surface area contributed by atoms with Crippen LogP contribution in [0.15, 0.2) is 18.2 Å². The first-order chi connectivity index (χ1) is 9.71. The summed E-state index contributed by atoms with van der Waals surface area (Å²) >= 11 is 5.92. The molecule has 1 aromatic carbocycles. The van der Waals surface area contributed by atoms with E-state index in [9.17, 15) is 20.0 Å². The Morgan fingerprint density at radius 3 is 2.71 bits per heavy atom. The van der Waals surface area contributed by atoms with Crippen LogP contribution in [0.25, 0.3) is 0 Å². The summed E-state index contributed by atoms with van der Waals surface area (Å²) in [6.45, 7) is 3.14. The predicted octanol–water partition coefficient (Wildman–Crippen LogP) is 2.47. The molecular weight excluding hydrogens is 300 g/mol. The largest absolute Gasteiger partial charge is 0.483 e. The van der Waals surface area contributed by atoms with Crippen LogP contribution in [-0.2, 0) is 4.79 Å². The molecule has 7 nitrogen and oxygen atoms in total. The number of carboxylic acids is 1. The first-order valence-corrected chi connectivity index (χ1v) is 6.61. The van der Waals surface area contributed by atoms with Crippen molar-refractivity contribution < 1.29 is 19.6 Å². The lowest BCUT2D eigenvalue weighted by atomic mass is 9.95. The predicted molar refractivity (Wildman–Crippen MR) is 77.9 cm³/mol. The van der Waals surface area contributed by atoms with Gasteiger partial charge in [0.15, 0.2) is 0 Å². The van der Waals surface area contributed by atoms with Crippen molar-refractivity contribution in [2.75, 3.05) is 7.05 Å². The third-order valence-corrected chi connectivity index (χ3v) is 3.48. The number of halogens is 1. The molecule has 8 heteroatoms. The van der Waals surface area contributed by atoms with E-state index >= 15 is 0 Å². The number of nitro benzene ring substituents is 1. The summed E-state index contributed by atoms with van der Waals surface area (Å²) < 4.78 is 5.51. The van der Waals surface area contributed by atoms with Crippen LogP contribution in [0.4, 0.5) is 5.69 Å². The number of hydrogen-bond donors (Lipinski definition) is 2. The minimum atomic E-state index is -1.20. The maximum Gasteiger partial charge on any atom is 0.323 e. The Balaban J connectivity index is 2.96. The molecule has 0 bridgehead atoms. The van der Waals surface area contributed by atoms with E-state index in [1.54, 1.807) is 6.92 Å². The first kappa shape index (κ1) is 17.2. The lowest BCUT2D eigenvalue weighted by Crippen LogP contribution is -2.50. The van der Waals surface area contributed by atoms with Crippen molar-refractivity contribution >= 4 is 23.3 Å². The summed E-state index contributed by atoms with van der Waals surface area (Å²) in [6, 6.07) is 4.21. The number of nitro groups is 1. The van der Waals surface area contributed by atoms with Crippen LogP contribution in [0, 0.1) is 10.1 Å². The summed E-state index contributed by atoms with van der Waals surface area (Å²) in [6.07, 6.45) is -0.474. The van der Waals surface area contributed by atoms with Gasteiger partial charge in [0.2, 0.25) is 5.75 Å². The smallest absolute Gasteiger partial charge is 0.323 e. The van der Waals surface area contributed by atoms with Crippen molar-refractivity contribution in [1.29, 1.82) is 0 Å². The van der Waals surface area contributed by atoms with E-state index in [-0.39, 0.29) is 22.9 Å². The molecule has 1 aromatic rings. The Morgan fingerprint density at radius 1 is 1.62 bits per heavy atom. The molecule has 0 aliphatic heterocycles. The maximum absolute atomic E-state index is 11.2. The quantitative estimate of drug-likeness (QED) is 0.592. The number of carboxylic acid groups (broad SMARTS) is 1. The van der Waals surface area contributed by atoms with Crippen LogP contribution in [0.3, 0.4) is 0 Å². The number of ether oxygens (including phenoxy) is 1. The Labute approximate surface area is 127 Å². The van der Waals surface area contributed by atoms with Crippen molar-refractivity contribution in [3.05, 3.63) is 33.3 Å². The van der Waals surface area contributed by atoms with Gasteiger partial charge in [-0.1, -0.05) is 17.7 Å². The number of rotatable bonds is 7. The SMILES string of the molecule is CNC(C)(CC(C)Oc1c(Cl)cccc1[N+](=O)[O-])C(=O)O. The highest BCUT2D eigenvalue weighted by Crippen LogP contribution is 2.35. The van der Waals surface area contributed by atoms with Gasteiger partial charge in [0.05, 0.1) is 16.0 Å². The second-order valence-corrected chi connectivity index (χ2v) is 5.27. The molecule has 0 aliphatic carbocycles. The van der Waals surface area contributed by atoms with Gasteiger partial charge in [-0.3, -0.25) is 14.9 Å². The molecule has 2 N–H and O–H groups in total. The van der Waals surface area contributed by atoms with Crippen LogP contribution < -0.4 is 10.1 Å². The average Bonchev–Trinajstić information content (AvgIpc) is 2.40. The zero-order valence-electron chi connectivity index (χ0n) is 11.9. The standard InChI is InChI=1S/C13H17ClN2O5/c1-8(7-13(2,15-3)12(17)18)21-11-9(14)5-4-6-10(11)16(19)20/h4-6,8,15H,7H2,1-3H3,(H,17,18). The van der Waals surface area contributed by atoms with Gasteiger partial charge in [0.25, 0.3) is 0 Å². The van der Waals surface area contributed by atoms with E-state index in [1.165, 1.54) is 32.2 Å². The summed E-state index contributed by atoms with van der Waals surface area (Å²) in [4.78, 5) is 21.6. The molecule has 0 fully saturated rings. The fraction of sp³-hybridized carbons (Fsp3) is 0.462. The van der Waals surface area contributed by atoms with E-state index in [4.69, 9.17) is 16.3 Å². The normalized spacial score (nSPS) is 15.0. The molecule has 0 aromatic heterocycles. The molecule has 116 valence electrons. The van der Waals surface area contributed by atoms with E-state index in [2.05, 4.69) is 5.32 Å². The molecule has 0 radical (unpaired) electrons. The summed E-state index contributed by atoms with van der Waals surface area (Å²) in [5.41, 5.74) is -1.45. The molecule has 21 heavy (non-hydrogen) atoms. The van der Waals surface area contributed by atoms with E-state index in [0.29, 0.717) is 0 Å². The zero-order valence-corrected chi connectivity index (χ0v) is 12.7. The van der Waals surface area contributed by atoms with Gasteiger partial charge in [-0.05, 0) is 27.0 Å². The topological polar surface area (TPSA) is 102 Å². The van der Waals surface area contributed by atoms with Gasteiger partial charge in [-0.15, -0.1) is 0 Å².